The molecule has 1 atom stereocenters. The summed E-state index contributed by atoms with van der Waals surface area (Å²) < 4.78 is 28.2. The third-order valence-electron chi connectivity index (χ3n) is 4.43. The van der Waals surface area contributed by atoms with Gasteiger partial charge in [-0.3, -0.25) is 14.3 Å². The summed E-state index contributed by atoms with van der Waals surface area (Å²) in [4.78, 5) is 14.3. The topological polar surface area (TPSA) is 63.1 Å². The summed E-state index contributed by atoms with van der Waals surface area (Å²) in [7, 11) is 3.88. The van der Waals surface area contributed by atoms with E-state index in [1.54, 1.807) is 12.1 Å². The lowest BCUT2D eigenvalue weighted by Gasteiger charge is -2.20. The van der Waals surface area contributed by atoms with Gasteiger partial charge < -0.3 is 5.32 Å². The molecular weight excluding hydrogens is 432 g/mol. The van der Waals surface area contributed by atoms with Crippen molar-refractivity contribution in [2.75, 3.05) is 25.2 Å². The molecule has 0 saturated heterocycles. The number of carbonyl (C=O) groups excluding carboxylic acids is 1. The molecule has 1 aromatic heterocycles. The molecule has 0 aliphatic rings. The standard InChI is InChI=1S/C20H20ClF2N5OS/c1-12(27(2)3)19-25-26-20(28(19)15-7-4-13(21)5-8-15)30-11-18(29)24-14-6-9-16(22)17(23)10-14/h4-10,12H,11H2,1-3H3,(H,24,29). The zero-order valence-corrected chi connectivity index (χ0v) is 18.1. The molecule has 0 fully saturated rings. The van der Waals surface area contributed by atoms with Gasteiger partial charge in [0.15, 0.2) is 22.6 Å². The van der Waals surface area contributed by atoms with Gasteiger partial charge in [-0.05, 0) is 57.4 Å². The van der Waals surface area contributed by atoms with Crippen molar-refractivity contribution in [3.63, 3.8) is 0 Å². The highest BCUT2D eigenvalue weighted by atomic mass is 35.5. The lowest BCUT2D eigenvalue weighted by molar-refractivity contribution is -0.113. The molecule has 6 nitrogen and oxygen atoms in total. The lowest BCUT2D eigenvalue weighted by Crippen LogP contribution is -2.21. The Kier molecular flexibility index (Phi) is 7.06. The van der Waals surface area contributed by atoms with Gasteiger partial charge in [0.1, 0.15) is 0 Å². The maximum atomic E-state index is 13.3. The van der Waals surface area contributed by atoms with Crippen LogP contribution in [-0.2, 0) is 4.79 Å². The molecule has 30 heavy (non-hydrogen) atoms. The number of amides is 1. The fraction of sp³-hybridized carbons (Fsp3) is 0.250. The second kappa shape index (κ2) is 9.55. The van der Waals surface area contributed by atoms with Crippen molar-refractivity contribution in [1.82, 2.24) is 19.7 Å². The minimum absolute atomic E-state index is 0.0149. The van der Waals surface area contributed by atoms with E-state index in [-0.39, 0.29) is 23.4 Å². The second-order valence-corrected chi connectivity index (χ2v) is 8.14. The zero-order valence-electron chi connectivity index (χ0n) is 16.6. The summed E-state index contributed by atoms with van der Waals surface area (Å²) in [5, 5.41) is 12.2. The number of rotatable bonds is 7. The van der Waals surface area contributed by atoms with Crippen molar-refractivity contribution in [2.24, 2.45) is 0 Å². The summed E-state index contributed by atoms with van der Waals surface area (Å²) >= 11 is 7.20. The molecule has 3 rings (SSSR count). The van der Waals surface area contributed by atoms with Gasteiger partial charge in [0.25, 0.3) is 0 Å². The van der Waals surface area contributed by atoms with E-state index >= 15 is 0 Å². The van der Waals surface area contributed by atoms with E-state index in [9.17, 15) is 13.6 Å². The van der Waals surface area contributed by atoms with Crippen LogP contribution >= 0.6 is 23.4 Å². The highest BCUT2D eigenvalue weighted by molar-refractivity contribution is 7.99. The van der Waals surface area contributed by atoms with Crippen LogP contribution in [0.2, 0.25) is 5.02 Å². The molecule has 0 spiro atoms. The Balaban J connectivity index is 1.80. The molecule has 2 aromatic carbocycles. The van der Waals surface area contributed by atoms with Gasteiger partial charge in [0.05, 0.1) is 11.8 Å². The first kappa shape index (κ1) is 22.2. The molecular formula is C20H20ClF2N5OS. The van der Waals surface area contributed by atoms with Crippen molar-refractivity contribution in [1.29, 1.82) is 0 Å². The van der Waals surface area contributed by atoms with Crippen molar-refractivity contribution < 1.29 is 13.6 Å². The molecule has 1 N–H and O–H groups in total. The van der Waals surface area contributed by atoms with E-state index in [0.29, 0.717) is 16.0 Å². The average molecular weight is 452 g/mol. The van der Waals surface area contributed by atoms with E-state index < -0.39 is 11.6 Å². The first-order valence-corrected chi connectivity index (χ1v) is 10.4. The summed E-state index contributed by atoms with van der Waals surface area (Å²) in [5.41, 5.74) is 0.997. The van der Waals surface area contributed by atoms with Crippen LogP contribution in [0.25, 0.3) is 5.69 Å². The molecule has 1 unspecified atom stereocenters. The first-order chi connectivity index (χ1) is 14.3. The Labute approximate surface area is 182 Å². The maximum absolute atomic E-state index is 13.3. The molecule has 1 heterocycles. The number of anilines is 1. The monoisotopic (exact) mass is 451 g/mol. The van der Waals surface area contributed by atoms with Crippen LogP contribution in [0, 0.1) is 11.6 Å². The van der Waals surface area contributed by atoms with Gasteiger partial charge in [-0.1, -0.05) is 23.4 Å². The molecule has 10 heteroatoms. The molecule has 0 aliphatic heterocycles. The zero-order chi connectivity index (χ0) is 21.8. The third kappa shape index (κ3) is 5.16. The number of aromatic nitrogens is 3. The molecule has 0 radical (unpaired) electrons. The number of benzene rings is 2. The largest absolute Gasteiger partial charge is 0.325 e. The summed E-state index contributed by atoms with van der Waals surface area (Å²) in [6, 6.07) is 10.4. The fourth-order valence-corrected chi connectivity index (χ4v) is 3.50. The van der Waals surface area contributed by atoms with Crippen LogP contribution < -0.4 is 5.32 Å². The third-order valence-corrected chi connectivity index (χ3v) is 5.61. The van der Waals surface area contributed by atoms with Crippen molar-refractivity contribution >= 4 is 35.0 Å². The smallest absolute Gasteiger partial charge is 0.234 e. The number of hydrogen-bond donors (Lipinski definition) is 1. The van der Waals surface area contributed by atoms with E-state index in [0.717, 1.165) is 17.8 Å². The van der Waals surface area contributed by atoms with Crippen LogP contribution in [-0.4, -0.2) is 45.4 Å². The Morgan fingerprint density at radius 2 is 1.87 bits per heavy atom. The van der Waals surface area contributed by atoms with E-state index in [2.05, 4.69) is 15.5 Å². The normalized spacial score (nSPS) is 12.2. The minimum atomic E-state index is -1.02. The van der Waals surface area contributed by atoms with Crippen LogP contribution in [0.1, 0.15) is 18.8 Å². The Morgan fingerprint density at radius 1 is 1.17 bits per heavy atom. The van der Waals surface area contributed by atoms with Gasteiger partial charge in [0, 0.05) is 22.5 Å². The number of hydrogen-bond acceptors (Lipinski definition) is 5. The van der Waals surface area contributed by atoms with Gasteiger partial charge in [-0.2, -0.15) is 0 Å². The van der Waals surface area contributed by atoms with Gasteiger partial charge >= 0.3 is 0 Å². The number of thioether (sulfide) groups is 1. The minimum Gasteiger partial charge on any atom is -0.325 e. The van der Waals surface area contributed by atoms with Crippen LogP contribution in [0.3, 0.4) is 0 Å². The summed E-state index contributed by atoms with van der Waals surface area (Å²) in [5.74, 6) is -1.64. The van der Waals surface area contributed by atoms with Gasteiger partial charge in [-0.15, -0.1) is 10.2 Å². The van der Waals surface area contributed by atoms with Crippen LogP contribution in [0.4, 0.5) is 14.5 Å². The molecule has 0 bridgehead atoms. The predicted octanol–water partition coefficient (Wildman–Crippen LogP) is 4.55. The highest BCUT2D eigenvalue weighted by Crippen LogP contribution is 2.27. The lowest BCUT2D eigenvalue weighted by atomic mass is 10.2. The molecule has 0 saturated carbocycles. The molecule has 3 aromatic rings. The van der Waals surface area contributed by atoms with E-state index in [1.165, 1.54) is 17.8 Å². The SMILES string of the molecule is CC(c1nnc(SCC(=O)Nc2ccc(F)c(F)c2)n1-c1ccc(Cl)cc1)N(C)C. The van der Waals surface area contributed by atoms with E-state index in [1.807, 2.05) is 42.6 Å². The van der Waals surface area contributed by atoms with Gasteiger partial charge in [0.2, 0.25) is 5.91 Å². The van der Waals surface area contributed by atoms with Crippen LogP contribution in [0.5, 0.6) is 0 Å². The maximum Gasteiger partial charge on any atom is 0.234 e. The van der Waals surface area contributed by atoms with Crippen molar-refractivity contribution in [3.8, 4) is 5.69 Å². The summed E-state index contributed by atoms with van der Waals surface area (Å²) in [6.07, 6.45) is 0. The predicted molar refractivity (Wildman–Crippen MR) is 114 cm³/mol. The fourth-order valence-electron chi connectivity index (χ4n) is 2.61. The highest BCUT2D eigenvalue weighted by Gasteiger charge is 2.21. The quantitative estimate of drug-likeness (QED) is 0.534. The molecule has 158 valence electrons. The summed E-state index contributed by atoms with van der Waals surface area (Å²) in [6.45, 7) is 2.00. The van der Waals surface area contributed by atoms with E-state index in [4.69, 9.17) is 11.6 Å². The number of halogens is 3. The Morgan fingerprint density at radius 3 is 2.50 bits per heavy atom. The second-order valence-electron chi connectivity index (χ2n) is 6.76. The number of nitrogens with one attached hydrogen (secondary N) is 1. The Hall–Kier alpha value is -2.49. The first-order valence-electron chi connectivity index (χ1n) is 9.01. The molecule has 0 aliphatic carbocycles. The number of nitrogens with zero attached hydrogens (tertiary/aromatic N) is 4. The Bertz CT molecular complexity index is 1040. The average Bonchev–Trinajstić information content (AvgIpc) is 3.13. The van der Waals surface area contributed by atoms with Gasteiger partial charge in [-0.25, -0.2) is 8.78 Å². The number of carbonyl (C=O) groups is 1. The molecule has 1 amide bonds. The van der Waals surface area contributed by atoms with Crippen LogP contribution in [0.15, 0.2) is 47.6 Å². The van der Waals surface area contributed by atoms with Crippen molar-refractivity contribution in [2.45, 2.75) is 18.1 Å². The van der Waals surface area contributed by atoms with Crippen molar-refractivity contribution in [3.05, 3.63) is 64.9 Å².